The second kappa shape index (κ2) is 6.13. The molecule has 3 aromatic rings. The Balaban J connectivity index is 1.77. The third-order valence-electron chi connectivity index (χ3n) is 3.33. The fourth-order valence-electron chi connectivity index (χ4n) is 2.19. The number of nitrogens with zero attached hydrogens (tertiary/aromatic N) is 3. The van der Waals surface area contributed by atoms with Crippen molar-refractivity contribution in [3.05, 3.63) is 63.5 Å². The number of hydrogen-bond acceptors (Lipinski definition) is 3. The van der Waals surface area contributed by atoms with Crippen LogP contribution in [-0.2, 0) is 6.54 Å². The van der Waals surface area contributed by atoms with E-state index in [-0.39, 0.29) is 6.04 Å². The Hall–Kier alpha value is -1.43. The molecule has 1 atom stereocenters. The lowest BCUT2D eigenvalue weighted by Crippen LogP contribution is -2.20. The standard InChI is InChI=1S/C15H14BrClN4/c1-10(15-20-19-14-4-2-3-7-21(14)15)18-9-11-8-12(16)5-6-13(11)17/h2-8,10,18H,9H2,1H3. The Bertz CT molecular complexity index is 771. The molecule has 0 saturated carbocycles. The lowest BCUT2D eigenvalue weighted by Gasteiger charge is -2.13. The van der Waals surface area contributed by atoms with Gasteiger partial charge in [0.05, 0.1) is 6.04 Å². The van der Waals surface area contributed by atoms with Crippen LogP contribution in [0.15, 0.2) is 47.1 Å². The molecule has 0 bridgehead atoms. The van der Waals surface area contributed by atoms with Crippen molar-refractivity contribution >= 4 is 33.2 Å². The van der Waals surface area contributed by atoms with Crippen LogP contribution in [-0.4, -0.2) is 14.6 Å². The van der Waals surface area contributed by atoms with Crippen molar-refractivity contribution in [2.24, 2.45) is 0 Å². The lowest BCUT2D eigenvalue weighted by molar-refractivity contribution is 0.541. The zero-order valence-corrected chi connectivity index (χ0v) is 13.8. The lowest BCUT2D eigenvalue weighted by atomic mass is 10.2. The Labute approximate surface area is 136 Å². The third kappa shape index (κ3) is 3.10. The summed E-state index contributed by atoms with van der Waals surface area (Å²) in [6.07, 6.45) is 1.97. The Morgan fingerprint density at radius 3 is 3.00 bits per heavy atom. The topological polar surface area (TPSA) is 42.2 Å². The van der Waals surface area contributed by atoms with E-state index in [1.807, 2.05) is 47.0 Å². The van der Waals surface area contributed by atoms with Gasteiger partial charge in [-0.25, -0.2) is 0 Å². The molecule has 3 rings (SSSR count). The SMILES string of the molecule is CC(NCc1cc(Br)ccc1Cl)c1nnc2ccccn12. The maximum Gasteiger partial charge on any atom is 0.160 e. The van der Waals surface area contributed by atoms with E-state index in [2.05, 4.69) is 38.4 Å². The second-order valence-electron chi connectivity index (χ2n) is 4.83. The minimum Gasteiger partial charge on any atom is -0.303 e. The van der Waals surface area contributed by atoms with Crippen LogP contribution in [0.1, 0.15) is 24.4 Å². The maximum atomic E-state index is 6.21. The summed E-state index contributed by atoms with van der Waals surface area (Å²) >= 11 is 9.67. The van der Waals surface area contributed by atoms with Crippen LogP contribution in [0.5, 0.6) is 0 Å². The van der Waals surface area contributed by atoms with Crippen LogP contribution in [0.25, 0.3) is 5.65 Å². The minimum atomic E-state index is 0.0671. The molecule has 21 heavy (non-hydrogen) atoms. The van der Waals surface area contributed by atoms with Gasteiger partial charge in [0.15, 0.2) is 11.5 Å². The average molecular weight is 366 g/mol. The van der Waals surface area contributed by atoms with E-state index in [1.54, 1.807) is 0 Å². The van der Waals surface area contributed by atoms with Gasteiger partial charge in [-0.15, -0.1) is 10.2 Å². The molecule has 2 heterocycles. The first-order valence-electron chi connectivity index (χ1n) is 6.62. The summed E-state index contributed by atoms with van der Waals surface area (Å²) in [5.74, 6) is 0.886. The number of fused-ring (bicyclic) bond motifs is 1. The Morgan fingerprint density at radius 1 is 1.29 bits per heavy atom. The van der Waals surface area contributed by atoms with Gasteiger partial charge >= 0.3 is 0 Å². The van der Waals surface area contributed by atoms with E-state index >= 15 is 0 Å². The van der Waals surface area contributed by atoms with Crippen molar-refractivity contribution in [3.63, 3.8) is 0 Å². The molecule has 2 aromatic heterocycles. The molecular formula is C15H14BrClN4. The number of hydrogen-bond donors (Lipinski definition) is 1. The van der Waals surface area contributed by atoms with Crippen LogP contribution in [0.3, 0.4) is 0 Å². The molecule has 1 aromatic carbocycles. The normalized spacial score (nSPS) is 12.7. The monoisotopic (exact) mass is 364 g/mol. The summed E-state index contributed by atoms with van der Waals surface area (Å²) in [5, 5.41) is 12.6. The van der Waals surface area contributed by atoms with Crippen LogP contribution in [0, 0.1) is 0 Å². The highest BCUT2D eigenvalue weighted by Gasteiger charge is 2.13. The quantitative estimate of drug-likeness (QED) is 0.760. The summed E-state index contributed by atoms with van der Waals surface area (Å²) in [4.78, 5) is 0. The molecule has 6 heteroatoms. The Kier molecular flexibility index (Phi) is 4.24. The van der Waals surface area contributed by atoms with Crippen molar-refractivity contribution in [2.45, 2.75) is 19.5 Å². The predicted molar refractivity (Wildman–Crippen MR) is 87.4 cm³/mol. The fraction of sp³-hybridized carbons (Fsp3) is 0.200. The van der Waals surface area contributed by atoms with E-state index in [0.29, 0.717) is 6.54 Å². The number of nitrogens with one attached hydrogen (secondary N) is 1. The molecule has 4 nitrogen and oxygen atoms in total. The zero-order chi connectivity index (χ0) is 14.8. The minimum absolute atomic E-state index is 0.0671. The summed E-state index contributed by atoms with van der Waals surface area (Å²) in [5.41, 5.74) is 1.90. The van der Waals surface area contributed by atoms with Crippen molar-refractivity contribution in [1.29, 1.82) is 0 Å². The first kappa shape index (κ1) is 14.5. The van der Waals surface area contributed by atoms with Gasteiger partial charge in [-0.3, -0.25) is 4.40 Å². The third-order valence-corrected chi connectivity index (χ3v) is 4.20. The van der Waals surface area contributed by atoms with Crippen molar-refractivity contribution in [1.82, 2.24) is 19.9 Å². The molecule has 0 fully saturated rings. The van der Waals surface area contributed by atoms with Crippen LogP contribution >= 0.6 is 27.5 Å². The van der Waals surface area contributed by atoms with Crippen molar-refractivity contribution < 1.29 is 0 Å². The maximum absolute atomic E-state index is 6.21. The molecule has 1 unspecified atom stereocenters. The number of halogens is 2. The molecule has 0 radical (unpaired) electrons. The number of benzene rings is 1. The first-order chi connectivity index (χ1) is 10.1. The smallest absolute Gasteiger partial charge is 0.160 e. The van der Waals surface area contributed by atoms with E-state index in [9.17, 15) is 0 Å². The van der Waals surface area contributed by atoms with Crippen molar-refractivity contribution in [2.75, 3.05) is 0 Å². The fourth-order valence-corrected chi connectivity index (χ4v) is 2.78. The summed E-state index contributed by atoms with van der Waals surface area (Å²) in [6, 6.07) is 11.8. The first-order valence-corrected chi connectivity index (χ1v) is 7.79. The molecule has 0 aliphatic heterocycles. The van der Waals surface area contributed by atoms with Gasteiger partial charge in [0, 0.05) is 22.2 Å². The highest BCUT2D eigenvalue weighted by molar-refractivity contribution is 9.10. The molecule has 0 aliphatic rings. The molecule has 108 valence electrons. The van der Waals surface area contributed by atoms with Gasteiger partial charge in [-0.05, 0) is 42.8 Å². The highest BCUT2D eigenvalue weighted by Crippen LogP contribution is 2.22. The van der Waals surface area contributed by atoms with E-state index in [0.717, 1.165) is 26.5 Å². The zero-order valence-electron chi connectivity index (χ0n) is 11.4. The van der Waals surface area contributed by atoms with Crippen molar-refractivity contribution in [3.8, 4) is 0 Å². The summed E-state index contributed by atoms with van der Waals surface area (Å²) < 4.78 is 3.00. The Morgan fingerprint density at radius 2 is 2.14 bits per heavy atom. The van der Waals surface area contributed by atoms with Gasteiger partial charge in [-0.1, -0.05) is 33.6 Å². The van der Waals surface area contributed by atoms with E-state index in [1.165, 1.54) is 0 Å². The molecular weight excluding hydrogens is 352 g/mol. The summed E-state index contributed by atoms with van der Waals surface area (Å²) in [6.45, 7) is 2.73. The van der Waals surface area contributed by atoms with Crippen LogP contribution < -0.4 is 5.32 Å². The molecule has 0 saturated heterocycles. The molecule has 0 aliphatic carbocycles. The van der Waals surface area contributed by atoms with Gasteiger partial charge in [0.2, 0.25) is 0 Å². The number of aromatic nitrogens is 3. The largest absolute Gasteiger partial charge is 0.303 e. The van der Waals surface area contributed by atoms with Gasteiger partial charge in [0.25, 0.3) is 0 Å². The number of rotatable bonds is 4. The van der Waals surface area contributed by atoms with Gasteiger partial charge < -0.3 is 5.32 Å². The molecule has 0 amide bonds. The van der Waals surface area contributed by atoms with E-state index < -0.39 is 0 Å². The second-order valence-corrected chi connectivity index (χ2v) is 6.15. The molecule has 0 spiro atoms. The van der Waals surface area contributed by atoms with Gasteiger partial charge in [0.1, 0.15) is 0 Å². The molecule has 1 N–H and O–H groups in total. The predicted octanol–water partition coefficient (Wildman–Crippen LogP) is 4.00. The average Bonchev–Trinajstić information content (AvgIpc) is 2.92. The van der Waals surface area contributed by atoms with Gasteiger partial charge in [-0.2, -0.15) is 0 Å². The highest BCUT2D eigenvalue weighted by atomic mass is 79.9. The number of pyridine rings is 1. The van der Waals surface area contributed by atoms with E-state index in [4.69, 9.17) is 11.6 Å². The summed E-state index contributed by atoms with van der Waals surface area (Å²) in [7, 11) is 0. The van der Waals surface area contributed by atoms with Crippen LogP contribution in [0.2, 0.25) is 5.02 Å². The van der Waals surface area contributed by atoms with Crippen LogP contribution in [0.4, 0.5) is 0 Å².